The predicted molar refractivity (Wildman–Crippen MR) is 178 cm³/mol. The number of rotatable bonds is 9. The number of carbonyl (C=O) groups is 2. The number of hydrogen-bond acceptors (Lipinski definition) is 8. The molecule has 1 fully saturated rings. The van der Waals surface area contributed by atoms with Gasteiger partial charge in [0.2, 0.25) is 0 Å². The fourth-order valence-electron chi connectivity index (χ4n) is 7.76. The maximum Gasteiger partial charge on any atom is 0.269 e. The quantitative estimate of drug-likeness (QED) is 0.256. The highest BCUT2D eigenvalue weighted by Gasteiger charge is 2.66. The molecule has 3 aliphatic heterocycles. The van der Waals surface area contributed by atoms with Crippen molar-refractivity contribution in [1.29, 1.82) is 0 Å². The fraction of sp³-hybridized carbons (Fsp3) is 0.371. The molecule has 0 saturated carbocycles. The van der Waals surface area contributed by atoms with E-state index in [4.69, 9.17) is 9.47 Å². The summed E-state index contributed by atoms with van der Waals surface area (Å²) >= 11 is 0. The number of aliphatic hydroxyl groups is 1. The van der Waals surface area contributed by atoms with Crippen LogP contribution in [0, 0.1) is 5.92 Å². The Morgan fingerprint density at radius 3 is 2.57 bits per heavy atom. The number of aryl methyl sites for hydroxylation is 1. The molecular formula is C35H39N5O6Si. The first-order valence-corrected chi connectivity index (χ1v) is 19.1. The zero-order chi connectivity index (χ0) is 32.9. The van der Waals surface area contributed by atoms with Gasteiger partial charge in [-0.1, -0.05) is 54.6 Å². The summed E-state index contributed by atoms with van der Waals surface area (Å²) in [5.74, 6) is 0.0387. The van der Waals surface area contributed by atoms with E-state index in [2.05, 4.69) is 10.3 Å². The van der Waals surface area contributed by atoms with Gasteiger partial charge in [0.15, 0.2) is 20.5 Å². The lowest BCUT2D eigenvalue weighted by molar-refractivity contribution is -0.146. The summed E-state index contributed by atoms with van der Waals surface area (Å²) in [6.07, 6.45) is 2.41. The first-order chi connectivity index (χ1) is 22.6. The molecule has 3 aromatic carbocycles. The van der Waals surface area contributed by atoms with Gasteiger partial charge in [-0.15, -0.1) is 5.10 Å². The average Bonchev–Trinajstić information content (AvgIpc) is 3.70. The molecule has 4 aromatic rings. The van der Waals surface area contributed by atoms with Crippen molar-refractivity contribution in [1.82, 2.24) is 15.0 Å². The lowest BCUT2D eigenvalue weighted by Crippen LogP contribution is -2.46. The number of ether oxygens (including phenoxy) is 2. The van der Waals surface area contributed by atoms with E-state index in [0.717, 1.165) is 16.8 Å². The van der Waals surface area contributed by atoms with Gasteiger partial charge in [-0.05, 0) is 55.4 Å². The first-order valence-electron chi connectivity index (χ1n) is 16.1. The van der Waals surface area contributed by atoms with E-state index in [-0.39, 0.29) is 49.1 Å². The van der Waals surface area contributed by atoms with Crippen molar-refractivity contribution in [2.24, 2.45) is 5.92 Å². The Kier molecular flexibility index (Phi) is 7.99. The van der Waals surface area contributed by atoms with Crippen molar-refractivity contribution in [3.8, 4) is 5.75 Å². The minimum Gasteiger partial charge on any atom is -0.482 e. The second kappa shape index (κ2) is 12.0. The summed E-state index contributed by atoms with van der Waals surface area (Å²) in [7, 11) is -2.82. The van der Waals surface area contributed by atoms with E-state index in [0.29, 0.717) is 42.2 Å². The highest BCUT2D eigenvalue weighted by molar-refractivity contribution is 6.71. The summed E-state index contributed by atoms with van der Waals surface area (Å²) in [4.78, 5) is 42.8. The molecule has 3 aliphatic rings. The normalized spacial score (nSPS) is 23.7. The monoisotopic (exact) mass is 653 g/mol. The Morgan fingerprint density at radius 1 is 1.02 bits per heavy atom. The number of carbonyl (C=O) groups excluding carboxylic acids is 2. The minimum atomic E-state index is -2.82. The summed E-state index contributed by atoms with van der Waals surface area (Å²) in [6, 6.07) is 22.9. The summed E-state index contributed by atoms with van der Waals surface area (Å²) < 4.78 is 14.3. The van der Waals surface area contributed by atoms with Gasteiger partial charge in [0, 0.05) is 48.5 Å². The van der Waals surface area contributed by atoms with Crippen molar-refractivity contribution >= 4 is 37.2 Å². The van der Waals surface area contributed by atoms with Gasteiger partial charge in [0.25, 0.3) is 11.8 Å². The molecule has 0 bridgehead atoms. The number of fused-ring (bicyclic) bond motifs is 3. The second-order valence-corrected chi connectivity index (χ2v) is 17.1. The van der Waals surface area contributed by atoms with Crippen LogP contribution in [0.2, 0.25) is 18.6 Å². The highest BCUT2D eigenvalue weighted by atomic mass is 28.4. The van der Waals surface area contributed by atoms with Gasteiger partial charge in [-0.2, -0.15) is 0 Å². The number of aromatic nitrogens is 3. The van der Waals surface area contributed by atoms with E-state index < -0.39 is 13.9 Å². The van der Waals surface area contributed by atoms with Gasteiger partial charge in [0.1, 0.15) is 5.75 Å². The Morgan fingerprint density at radius 2 is 1.79 bits per heavy atom. The van der Waals surface area contributed by atoms with Crippen LogP contribution in [0.15, 0.2) is 79.0 Å². The number of amides is 2. The number of aliphatic hydroxyl groups excluding tert-OH is 1. The summed E-state index contributed by atoms with van der Waals surface area (Å²) in [6.45, 7) is 6.59. The molecule has 1 saturated heterocycles. The second-order valence-electron chi connectivity index (χ2n) is 13.2. The lowest BCUT2D eigenvalue weighted by Gasteiger charge is -2.32. The molecule has 0 aliphatic carbocycles. The van der Waals surface area contributed by atoms with Crippen molar-refractivity contribution in [3.05, 3.63) is 95.8 Å². The molecule has 0 unspecified atom stereocenters. The van der Waals surface area contributed by atoms with Gasteiger partial charge >= 0.3 is 0 Å². The van der Waals surface area contributed by atoms with E-state index in [1.54, 1.807) is 14.5 Å². The number of nitrogens with zero attached hydrogens (tertiary/aromatic N) is 5. The lowest BCUT2D eigenvalue weighted by atomic mass is 9.82. The number of anilines is 3. The largest absolute Gasteiger partial charge is 0.482 e. The Hall–Kier alpha value is -4.36. The van der Waals surface area contributed by atoms with Crippen molar-refractivity contribution in [2.75, 3.05) is 23.0 Å². The summed E-state index contributed by atoms with van der Waals surface area (Å²) in [5.41, 5.74) is 3.08. The first kappa shape index (κ1) is 31.2. The molecule has 12 heteroatoms. The van der Waals surface area contributed by atoms with E-state index in [1.165, 1.54) is 0 Å². The Bertz CT molecular complexity index is 1820. The molecule has 4 heterocycles. The van der Waals surface area contributed by atoms with Crippen LogP contribution < -0.4 is 14.5 Å². The van der Waals surface area contributed by atoms with Crippen molar-refractivity contribution in [2.45, 2.75) is 63.2 Å². The molecule has 1 aromatic heterocycles. The standard InChI is InChI=1S/C35H39N5O6Si/c1-23-33(47(2,3)44)31(15-17-38-21-25(16-18-41)36-37-38)46-35(23)27-11-4-5-12-28(27)39(34(35)43)20-24-9-8-10-26(19-24)40-29-13-6-7-14-30(29)45-22-32(40)42/h4-14,19,21,23,31,33,41,44H,15-18,20,22H2,1-3H3/t23-,31+,33-,35+/m1/s1. The topological polar surface area (TPSA) is 130 Å². The zero-order valence-electron chi connectivity index (χ0n) is 26.7. The maximum atomic E-state index is 14.8. The molecule has 2 amide bonds. The molecule has 11 nitrogen and oxygen atoms in total. The number of benzene rings is 3. The molecule has 0 radical (unpaired) electrons. The molecule has 244 valence electrons. The Labute approximate surface area is 274 Å². The number of hydrogen-bond donors (Lipinski definition) is 2. The minimum absolute atomic E-state index is 0.00154. The fourth-order valence-corrected chi connectivity index (χ4v) is 10.4. The third-order valence-electron chi connectivity index (χ3n) is 9.70. The third-order valence-corrected chi connectivity index (χ3v) is 12.2. The Balaban J connectivity index is 1.20. The van der Waals surface area contributed by atoms with Crippen molar-refractivity contribution in [3.63, 3.8) is 0 Å². The predicted octanol–water partition coefficient (Wildman–Crippen LogP) is 4.30. The van der Waals surface area contributed by atoms with Gasteiger partial charge in [0.05, 0.1) is 29.7 Å². The van der Waals surface area contributed by atoms with Crippen molar-refractivity contribution < 1.29 is 29.0 Å². The molecule has 47 heavy (non-hydrogen) atoms. The van der Waals surface area contributed by atoms with Gasteiger partial charge in [-0.25, -0.2) is 0 Å². The SMILES string of the molecule is C[C@@H]1[C@@H]([Si](C)(C)O)[C@H](CCn2cc(CCO)nn2)O[C@@]12C(=O)N(Cc1cccc(N3C(=O)COc4ccccc43)c1)c1ccccc12. The summed E-state index contributed by atoms with van der Waals surface area (Å²) in [5, 5.41) is 17.6. The van der Waals surface area contributed by atoms with Gasteiger partial charge in [-0.3, -0.25) is 19.2 Å². The molecule has 4 atom stereocenters. The van der Waals surface area contributed by atoms with Crippen LogP contribution >= 0.6 is 0 Å². The average molecular weight is 654 g/mol. The van der Waals surface area contributed by atoms with Crippen LogP contribution in [-0.2, 0) is 39.4 Å². The number of para-hydroxylation sites is 3. The van der Waals surface area contributed by atoms with Crippen LogP contribution in [0.4, 0.5) is 17.1 Å². The van der Waals surface area contributed by atoms with Crippen LogP contribution in [0.25, 0.3) is 0 Å². The van der Waals surface area contributed by atoms with Crippen LogP contribution in [0.3, 0.4) is 0 Å². The van der Waals surface area contributed by atoms with Crippen LogP contribution in [0.1, 0.15) is 30.2 Å². The molecular weight excluding hydrogens is 615 g/mol. The maximum absolute atomic E-state index is 14.8. The van der Waals surface area contributed by atoms with E-state index >= 15 is 0 Å². The van der Waals surface area contributed by atoms with Crippen LogP contribution in [0.5, 0.6) is 5.75 Å². The highest BCUT2D eigenvalue weighted by Crippen LogP contribution is 2.59. The van der Waals surface area contributed by atoms with E-state index in [9.17, 15) is 19.5 Å². The molecule has 1 spiro atoms. The van der Waals surface area contributed by atoms with Gasteiger partial charge < -0.3 is 24.3 Å². The van der Waals surface area contributed by atoms with E-state index in [1.807, 2.05) is 99.0 Å². The third kappa shape index (κ3) is 5.34. The zero-order valence-corrected chi connectivity index (χ0v) is 27.7. The van der Waals surface area contributed by atoms with Crippen LogP contribution in [-0.4, -0.2) is 64.3 Å². The molecule has 2 N–H and O–H groups in total. The smallest absolute Gasteiger partial charge is 0.269 e. The molecule has 7 rings (SSSR count).